The van der Waals surface area contributed by atoms with Gasteiger partial charge in [0, 0.05) is 13.7 Å². The molecule has 0 saturated carbocycles. The Bertz CT molecular complexity index is 530. The molecule has 0 amide bonds. The van der Waals surface area contributed by atoms with Gasteiger partial charge in [-0.2, -0.15) is 8.73 Å². The Kier molecular flexibility index (Phi) is 4.61. The quantitative estimate of drug-likeness (QED) is 0.889. The molecule has 1 aromatic carbocycles. The van der Waals surface area contributed by atoms with Crippen LogP contribution in [0.1, 0.15) is 6.92 Å². The lowest BCUT2D eigenvalue weighted by molar-refractivity contribution is 0.164. The number of hydrogen-bond donors (Lipinski definition) is 1. The van der Waals surface area contributed by atoms with Gasteiger partial charge in [0.1, 0.15) is 11.4 Å². The van der Waals surface area contributed by atoms with Crippen LogP contribution >= 0.6 is 23.2 Å². The molecule has 1 aromatic rings. The number of methoxy groups -OCH3 is 1. The molecular formula is C11H13Cl2N3OS. The third-order valence-corrected chi connectivity index (χ3v) is 3.64. The summed E-state index contributed by atoms with van der Waals surface area (Å²) in [4.78, 5) is 0. The summed E-state index contributed by atoms with van der Waals surface area (Å²) in [6.07, 6.45) is 0. The zero-order chi connectivity index (χ0) is 13.1. The fourth-order valence-electron chi connectivity index (χ4n) is 1.66. The zero-order valence-electron chi connectivity index (χ0n) is 10.0. The normalized spacial score (nSPS) is 14.2. The molecule has 0 bridgehead atoms. The molecule has 1 N–H and O–H groups in total. The van der Waals surface area contributed by atoms with Gasteiger partial charge in [-0.05, 0) is 12.0 Å². The number of benzene rings is 1. The van der Waals surface area contributed by atoms with Gasteiger partial charge in [0.15, 0.2) is 0 Å². The third-order valence-electron chi connectivity index (χ3n) is 2.52. The van der Waals surface area contributed by atoms with Gasteiger partial charge in [-0.15, -0.1) is 0 Å². The van der Waals surface area contributed by atoms with Gasteiger partial charge < -0.3 is 10.1 Å². The Morgan fingerprint density at radius 3 is 2.78 bits per heavy atom. The van der Waals surface area contributed by atoms with Crippen LogP contribution in [-0.2, 0) is 16.1 Å². The van der Waals surface area contributed by atoms with E-state index in [4.69, 9.17) is 27.9 Å². The van der Waals surface area contributed by atoms with Crippen molar-refractivity contribution in [3.63, 3.8) is 0 Å². The van der Waals surface area contributed by atoms with E-state index in [1.54, 1.807) is 13.2 Å². The smallest absolute Gasteiger partial charge is 0.130 e. The molecule has 1 aliphatic heterocycles. The highest BCUT2D eigenvalue weighted by Crippen LogP contribution is 2.47. The average molecular weight is 306 g/mol. The van der Waals surface area contributed by atoms with E-state index in [9.17, 15) is 0 Å². The maximum Gasteiger partial charge on any atom is 0.130 e. The summed E-state index contributed by atoms with van der Waals surface area (Å²) in [6.45, 7) is 3.54. The van der Waals surface area contributed by atoms with E-state index in [1.165, 1.54) is 0 Å². The molecular weight excluding hydrogens is 293 g/mol. The predicted molar refractivity (Wildman–Crippen MR) is 77.5 cm³/mol. The number of nitrogens with one attached hydrogen (secondary N) is 1. The van der Waals surface area contributed by atoms with Crippen molar-refractivity contribution in [3.8, 4) is 0 Å². The second kappa shape index (κ2) is 6.02. The Morgan fingerprint density at radius 2 is 2.06 bits per heavy atom. The van der Waals surface area contributed by atoms with E-state index in [-0.39, 0.29) is 0 Å². The van der Waals surface area contributed by atoms with Crippen LogP contribution in [0.2, 0.25) is 10.0 Å². The molecule has 1 aliphatic rings. The van der Waals surface area contributed by atoms with Crippen molar-refractivity contribution in [1.29, 1.82) is 0 Å². The summed E-state index contributed by atoms with van der Waals surface area (Å²) >= 11 is 13.4. The fourth-order valence-corrected chi connectivity index (χ4v) is 2.84. The molecule has 0 spiro atoms. The minimum Gasteiger partial charge on any atom is -0.384 e. The first-order valence-electron chi connectivity index (χ1n) is 5.46. The maximum absolute atomic E-state index is 6.18. The minimum absolute atomic E-state index is 0.378. The fraction of sp³-hybridized carbons (Fsp3) is 0.455. The van der Waals surface area contributed by atoms with Gasteiger partial charge >= 0.3 is 0 Å². The van der Waals surface area contributed by atoms with E-state index >= 15 is 0 Å². The molecule has 7 heteroatoms. The molecule has 0 saturated heterocycles. The zero-order valence-corrected chi connectivity index (χ0v) is 12.4. The van der Waals surface area contributed by atoms with E-state index < -0.39 is 0 Å². The number of nitrogens with zero attached hydrogens (tertiary/aromatic N) is 2. The van der Waals surface area contributed by atoms with Crippen molar-refractivity contribution in [2.24, 2.45) is 14.6 Å². The van der Waals surface area contributed by atoms with Crippen LogP contribution in [0.25, 0.3) is 0 Å². The largest absolute Gasteiger partial charge is 0.384 e. The van der Waals surface area contributed by atoms with E-state index in [1.807, 2.05) is 0 Å². The number of ether oxygens (including phenoxy) is 1. The van der Waals surface area contributed by atoms with Crippen molar-refractivity contribution >= 4 is 51.6 Å². The second-order valence-corrected chi connectivity index (χ2v) is 5.46. The number of fused-ring (bicyclic) bond motifs is 1. The van der Waals surface area contributed by atoms with E-state index in [2.05, 4.69) is 21.0 Å². The Morgan fingerprint density at radius 1 is 1.33 bits per heavy atom. The summed E-state index contributed by atoms with van der Waals surface area (Å²) in [5.41, 5.74) is 2.20. The van der Waals surface area contributed by atoms with Crippen molar-refractivity contribution < 1.29 is 4.74 Å². The highest BCUT2D eigenvalue weighted by molar-refractivity contribution is 7.58. The molecule has 1 unspecified atom stereocenters. The predicted octanol–water partition coefficient (Wildman–Crippen LogP) is 4.41. The van der Waals surface area contributed by atoms with Crippen LogP contribution in [-0.4, -0.2) is 20.3 Å². The number of halogens is 2. The Balaban J connectivity index is 2.19. The third kappa shape index (κ3) is 2.85. The lowest BCUT2D eigenvalue weighted by Gasteiger charge is -2.15. The Labute approximate surface area is 120 Å². The van der Waals surface area contributed by atoms with Crippen molar-refractivity contribution in [2.75, 3.05) is 25.6 Å². The SMILES string of the molecule is COCC(C)CNc1c(Cl)cc(Cl)c2c1N=S=N2. The standard InChI is InChI=1S/C11H13Cl2N3OS/c1-6(5-17-2)4-14-9-7(12)3-8(13)10-11(9)16-18-15-10/h3,6,14H,4-5H2,1-2H3. The summed E-state index contributed by atoms with van der Waals surface area (Å²) in [7, 11) is 1.69. The molecule has 4 nitrogen and oxygen atoms in total. The van der Waals surface area contributed by atoms with Crippen molar-refractivity contribution in [1.82, 2.24) is 0 Å². The molecule has 0 aliphatic carbocycles. The molecule has 0 aromatic heterocycles. The van der Waals surface area contributed by atoms with Gasteiger partial charge in [0.05, 0.1) is 33.7 Å². The summed E-state index contributed by atoms with van der Waals surface area (Å²) in [6, 6.07) is 1.69. The van der Waals surface area contributed by atoms with Gasteiger partial charge in [0.25, 0.3) is 0 Å². The van der Waals surface area contributed by atoms with Gasteiger partial charge in [-0.1, -0.05) is 30.1 Å². The molecule has 1 heterocycles. The van der Waals surface area contributed by atoms with Crippen molar-refractivity contribution in [3.05, 3.63) is 16.1 Å². The van der Waals surface area contributed by atoms with Crippen LogP contribution in [0, 0.1) is 5.92 Å². The number of hydrogen-bond acceptors (Lipinski definition) is 4. The first-order valence-corrected chi connectivity index (χ1v) is 6.95. The van der Waals surface area contributed by atoms with Gasteiger partial charge in [-0.25, -0.2) is 0 Å². The Hall–Kier alpha value is -0.620. The van der Waals surface area contributed by atoms with E-state index in [0.717, 1.165) is 29.3 Å². The lowest BCUT2D eigenvalue weighted by atomic mass is 10.2. The number of anilines is 1. The van der Waals surface area contributed by atoms with Crippen LogP contribution in [0.4, 0.5) is 17.1 Å². The minimum atomic E-state index is 0.378. The summed E-state index contributed by atoms with van der Waals surface area (Å²) in [5, 5.41) is 4.37. The van der Waals surface area contributed by atoms with Gasteiger partial charge in [0.2, 0.25) is 0 Å². The van der Waals surface area contributed by atoms with E-state index in [0.29, 0.717) is 28.3 Å². The molecule has 2 rings (SSSR count). The number of rotatable bonds is 5. The molecule has 1 atom stereocenters. The average Bonchev–Trinajstić information content (AvgIpc) is 2.78. The molecule has 0 fully saturated rings. The topological polar surface area (TPSA) is 46.0 Å². The van der Waals surface area contributed by atoms with Gasteiger partial charge in [-0.3, -0.25) is 0 Å². The highest BCUT2D eigenvalue weighted by atomic mass is 35.5. The molecule has 18 heavy (non-hydrogen) atoms. The first kappa shape index (κ1) is 13.8. The second-order valence-electron chi connectivity index (χ2n) is 4.12. The van der Waals surface area contributed by atoms with Crippen LogP contribution in [0.5, 0.6) is 0 Å². The van der Waals surface area contributed by atoms with Crippen LogP contribution in [0.15, 0.2) is 14.8 Å². The first-order chi connectivity index (χ1) is 8.63. The van der Waals surface area contributed by atoms with Crippen molar-refractivity contribution in [2.45, 2.75) is 6.92 Å². The monoisotopic (exact) mass is 305 g/mol. The van der Waals surface area contributed by atoms with Crippen LogP contribution < -0.4 is 5.32 Å². The molecule has 0 radical (unpaired) electrons. The molecule has 98 valence electrons. The highest BCUT2D eigenvalue weighted by Gasteiger charge is 2.18. The summed E-state index contributed by atoms with van der Waals surface area (Å²) < 4.78 is 13.5. The summed E-state index contributed by atoms with van der Waals surface area (Å²) in [5.74, 6) is 0.378. The maximum atomic E-state index is 6.18. The lowest BCUT2D eigenvalue weighted by Crippen LogP contribution is -2.16. The van der Waals surface area contributed by atoms with Crippen LogP contribution in [0.3, 0.4) is 0 Å².